The average Bonchev–Trinajstić information content (AvgIpc) is 2.63. The van der Waals surface area contributed by atoms with Crippen molar-refractivity contribution in [2.75, 3.05) is 13.2 Å². The van der Waals surface area contributed by atoms with Gasteiger partial charge in [-0.1, -0.05) is 0 Å². The van der Waals surface area contributed by atoms with Crippen molar-refractivity contribution in [3.05, 3.63) is 0 Å². The zero-order valence-corrected chi connectivity index (χ0v) is 9.18. The fourth-order valence-electron chi connectivity index (χ4n) is 1.74. The predicted molar refractivity (Wildman–Crippen MR) is 54.8 cm³/mol. The van der Waals surface area contributed by atoms with Crippen molar-refractivity contribution in [2.45, 2.75) is 31.9 Å². The van der Waals surface area contributed by atoms with Crippen LogP contribution in [0.1, 0.15) is 19.8 Å². The maximum atomic E-state index is 11.7. The molecule has 0 saturated carbocycles. The second kappa shape index (κ2) is 5.81. The average molecular weight is 231 g/mol. The van der Waals surface area contributed by atoms with E-state index >= 15 is 0 Å². The monoisotopic (exact) mass is 231 g/mol. The summed E-state index contributed by atoms with van der Waals surface area (Å²) in [6.45, 7) is 2.05. The quantitative estimate of drug-likeness (QED) is 0.585. The van der Waals surface area contributed by atoms with Gasteiger partial charge in [-0.25, -0.2) is 4.79 Å². The normalized spacial score (nSPS) is 26.4. The van der Waals surface area contributed by atoms with E-state index in [-0.39, 0.29) is 31.0 Å². The maximum absolute atomic E-state index is 11.7. The van der Waals surface area contributed by atoms with Crippen LogP contribution < -0.4 is 5.32 Å². The predicted octanol–water partition coefficient (Wildman–Crippen LogP) is -0.637. The van der Waals surface area contributed by atoms with E-state index in [1.807, 2.05) is 0 Å². The molecule has 16 heavy (non-hydrogen) atoms. The van der Waals surface area contributed by atoms with Crippen molar-refractivity contribution in [1.82, 2.24) is 5.32 Å². The van der Waals surface area contributed by atoms with E-state index < -0.39 is 12.0 Å². The first-order valence-electron chi connectivity index (χ1n) is 5.32. The Morgan fingerprint density at radius 3 is 2.69 bits per heavy atom. The molecule has 0 aliphatic carbocycles. The van der Waals surface area contributed by atoms with E-state index in [0.29, 0.717) is 13.0 Å². The van der Waals surface area contributed by atoms with E-state index in [1.54, 1.807) is 6.92 Å². The van der Waals surface area contributed by atoms with Crippen LogP contribution in [0.5, 0.6) is 0 Å². The molecule has 1 amide bonds. The number of carbonyl (C=O) groups excluding carboxylic acids is 1. The van der Waals surface area contributed by atoms with Gasteiger partial charge in [0.15, 0.2) is 0 Å². The number of rotatable bonds is 5. The molecule has 92 valence electrons. The molecule has 3 N–H and O–H groups in total. The number of carboxylic acid groups (broad SMARTS) is 1. The van der Waals surface area contributed by atoms with Gasteiger partial charge in [0, 0.05) is 19.6 Å². The van der Waals surface area contributed by atoms with Crippen LogP contribution in [0.15, 0.2) is 0 Å². The first kappa shape index (κ1) is 12.9. The number of hydrogen-bond acceptors (Lipinski definition) is 4. The molecule has 3 unspecified atom stereocenters. The third kappa shape index (κ3) is 3.18. The molecule has 0 radical (unpaired) electrons. The Morgan fingerprint density at radius 2 is 2.25 bits per heavy atom. The van der Waals surface area contributed by atoms with E-state index in [9.17, 15) is 9.59 Å². The SMILES string of the molecule is CC1OCCC1C(=O)NC(CCO)C(=O)O. The van der Waals surface area contributed by atoms with Crippen LogP contribution in [-0.2, 0) is 14.3 Å². The lowest BCUT2D eigenvalue weighted by molar-refractivity contribution is -0.143. The lowest BCUT2D eigenvalue weighted by Crippen LogP contribution is -2.45. The van der Waals surface area contributed by atoms with Gasteiger partial charge < -0.3 is 20.3 Å². The summed E-state index contributed by atoms with van der Waals surface area (Å²) in [4.78, 5) is 22.5. The molecule has 1 aliphatic heterocycles. The van der Waals surface area contributed by atoms with Gasteiger partial charge in [0.25, 0.3) is 0 Å². The minimum Gasteiger partial charge on any atom is -0.480 e. The molecule has 1 fully saturated rings. The fourth-order valence-corrected chi connectivity index (χ4v) is 1.74. The zero-order chi connectivity index (χ0) is 12.1. The molecule has 0 bridgehead atoms. The van der Waals surface area contributed by atoms with Gasteiger partial charge >= 0.3 is 5.97 Å². The third-order valence-electron chi connectivity index (χ3n) is 2.75. The highest BCUT2D eigenvalue weighted by Crippen LogP contribution is 2.20. The zero-order valence-electron chi connectivity index (χ0n) is 9.18. The second-order valence-electron chi connectivity index (χ2n) is 3.88. The van der Waals surface area contributed by atoms with Crippen LogP contribution in [0.4, 0.5) is 0 Å². The summed E-state index contributed by atoms with van der Waals surface area (Å²) < 4.78 is 5.23. The minimum absolute atomic E-state index is 0.0169. The molecule has 0 aromatic rings. The Kier molecular flexibility index (Phi) is 4.70. The maximum Gasteiger partial charge on any atom is 0.326 e. The lowest BCUT2D eigenvalue weighted by atomic mass is 10.0. The van der Waals surface area contributed by atoms with Crippen molar-refractivity contribution < 1.29 is 24.5 Å². The molecule has 3 atom stereocenters. The molecule has 0 spiro atoms. The summed E-state index contributed by atoms with van der Waals surface area (Å²) in [5.74, 6) is -1.74. The standard InChI is InChI=1S/C10H17NO5/c1-6-7(3-5-16-6)9(13)11-8(2-4-12)10(14)15/h6-8,12H,2-5H2,1H3,(H,11,13)(H,14,15). The highest BCUT2D eigenvalue weighted by molar-refractivity contribution is 5.85. The first-order valence-corrected chi connectivity index (χ1v) is 5.32. The number of hydrogen-bond donors (Lipinski definition) is 3. The van der Waals surface area contributed by atoms with Crippen molar-refractivity contribution in [3.63, 3.8) is 0 Å². The fraction of sp³-hybridized carbons (Fsp3) is 0.800. The lowest BCUT2D eigenvalue weighted by Gasteiger charge is -2.18. The number of aliphatic hydroxyl groups excluding tert-OH is 1. The second-order valence-corrected chi connectivity index (χ2v) is 3.88. The van der Waals surface area contributed by atoms with Crippen molar-refractivity contribution >= 4 is 11.9 Å². The van der Waals surface area contributed by atoms with Crippen LogP contribution in [-0.4, -0.2) is 47.4 Å². The molecular weight excluding hydrogens is 214 g/mol. The third-order valence-corrected chi connectivity index (χ3v) is 2.75. The Balaban J connectivity index is 2.50. The topological polar surface area (TPSA) is 95.9 Å². The Bertz CT molecular complexity index is 268. The number of aliphatic carboxylic acids is 1. The molecule has 0 aromatic heterocycles. The summed E-state index contributed by atoms with van der Waals surface area (Å²) in [6.07, 6.45) is 0.449. The number of amides is 1. The van der Waals surface area contributed by atoms with Gasteiger partial charge in [0.05, 0.1) is 12.0 Å². The Morgan fingerprint density at radius 1 is 1.56 bits per heavy atom. The summed E-state index contributed by atoms with van der Waals surface area (Å²) in [5, 5.41) is 19.9. The summed E-state index contributed by atoms with van der Waals surface area (Å²) in [7, 11) is 0. The largest absolute Gasteiger partial charge is 0.480 e. The molecule has 1 rings (SSSR count). The number of ether oxygens (including phenoxy) is 1. The Labute approximate surface area is 93.6 Å². The number of nitrogens with one attached hydrogen (secondary N) is 1. The summed E-state index contributed by atoms with van der Waals surface area (Å²) >= 11 is 0. The van der Waals surface area contributed by atoms with Gasteiger partial charge in [-0.2, -0.15) is 0 Å². The molecule has 1 aliphatic rings. The van der Waals surface area contributed by atoms with Crippen molar-refractivity contribution in [2.24, 2.45) is 5.92 Å². The molecule has 1 heterocycles. The van der Waals surface area contributed by atoms with E-state index in [4.69, 9.17) is 14.9 Å². The van der Waals surface area contributed by atoms with Crippen molar-refractivity contribution in [1.29, 1.82) is 0 Å². The Hall–Kier alpha value is -1.14. The van der Waals surface area contributed by atoms with Crippen LogP contribution in [0.2, 0.25) is 0 Å². The minimum atomic E-state index is -1.13. The highest BCUT2D eigenvalue weighted by atomic mass is 16.5. The number of carbonyl (C=O) groups is 2. The molecule has 1 saturated heterocycles. The van der Waals surface area contributed by atoms with Crippen molar-refractivity contribution in [3.8, 4) is 0 Å². The number of aliphatic hydroxyl groups is 1. The first-order chi connectivity index (χ1) is 7.56. The van der Waals surface area contributed by atoms with Crippen LogP contribution in [0, 0.1) is 5.92 Å². The molecule has 6 heteroatoms. The van der Waals surface area contributed by atoms with Gasteiger partial charge in [-0.3, -0.25) is 4.79 Å². The van der Waals surface area contributed by atoms with Gasteiger partial charge in [0.2, 0.25) is 5.91 Å². The molecule has 0 aromatic carbocycles. The number of carboxylic acids is 1. The molecule has 6 nitrogen and oxygen atoms in total. The summed E-state index contributed by atoms with van der Waals surface area (Å²) in [5.41, 5.74) is 0. The van der Waals surface area contributed by atoms with E-state index in [1.165, 1.54) is 0 Å². The van der Waals surface area contributed by atoms with Gasteiger partial charge in [-0.15, -0.1) is 0 Å². The van der Waals surface area contributed by atoms with Gasteiger partial charge in [-0.05, 0) is 13.3 Å². The summed E-state index contributed by atoms with van der Waals surface area (Å²) in [6, 6.07) is -1.02. The highest BCUT2D eigenvalue weighted by Gasteiger charge is 2.32. The molecular formula is C10H17NO5. The van der Waals surface area contributed by atoms with E-state index in [0.717, 1.165) is 0 Å². The smallest absolute Gasteiger partial charge is 0.326 e. The van der Waals surface area contributed by atoms with Crippen LogP contribution >= 0.6 is 0 Å². The van der Waals surface area contributed by atoms with Gasteiger partial charge in [0.1, 0.15) is 6.04 Å². The van der Waals surface area contributed by atoms with E-state index in [2.05, 4.69) is 5.32 Å². The van der Waals surface area contributed by atoms with Crippen LogP contribution in [0.25, 0.3) is 0 Å². The van der Waals surface area contributed by atoms with Crippen LogP contribution in [0.3, 0.4) is 0 Å².